The molecule has 1 saturated heterocycles. The van der Waals surface area contributed by atoms with E-state index < -0.39 is 17.9 Å². The molecule has 0 bridgehead atoms. The number of benzene rings is 1. The quantitative estimate of drug-likeness (QED) is 0.564. The van der Waals surface area contributed by atoms with Crippen LogP contribution in [0.15, 0.2) is 41.7 Å². The van der Waals surface area contributed by atoms with Crippen LogP contribution in [-0.2, 0) is 23.8 Å². The van der Waals surface area contributed by atoms with Gasteiger partial charge in [0.2, 0.25) is 0 Å². The van der Waals surface area contributed by atoms with E-state index in [9.17, 15) is 9.59 Å². The molecule has 1 fully saturated rings. The Bertz CT molecular complexity index is 866. The van der Waals surface area contributed by atoms with Crippen molar-refractivity contribution in [1.29, 1.82) is 0 Å². The number of carbonyl (C=O) groups excluding carboxylic acids is 2. The van der Waals surface area contributed by atoms with Gasteiger partial charge in [0.15, 0.2) is 11.5 Å². The number of esters is 2. The summed E-state index contributed by atoms with van der Waals surface area (Å²) in [6.07, 6.45) is 5.35. The Morgan fingerprint density at radius 1 is 1.06 bits per heavy atom. The molecule has 0 spiro atoms. The Kier molecular flexibility index (Phi) is 7.80. The van der Waals surface area contributed by atoms with E-state index in [1.54, 1.807) is 36.5 Å². The summed E-state index contributed by atoms with van der Waals surface area (Å²) >= 11 is 0. The molecule has 2 aliphatic heterocycles. The molecule has 8 nitrogen and oxygen atoms in total. The minimum atomic E-state index is -0.683. The monoisotopic (exact) mass is 445 g/mol. The van der Waals surface area contributed by atoms with Gasteiger partial charge in [-0.05, 0) is 44.4 Å². The van der Waals surface area contributed by atoms with Crippen LogP contribution in [0.25, 0.3) is 0 Å². The lowest BCUT2D eigenvalue weighted by molar-refractivity contribution is -0.137. The van der Waals surface area contributed by atoms with Crippen LogP contribution in [0.3, 0.4) is 0 Å². The molecule has 3 rings (SSSR count). The molecule has 0 unspecified atom stereocenters. The topological polar surface area (TPSA) is 83.5 Å². The highest BCUT2D eigenvalue weighted by atomic mass is 16.5. The van der Waals surface area contributed by atoms with Gasteiger partial charge in [0.25, 0.3) is 0 Å². The van der Waals surface area contributed by atoms with E-state index in [1.807, 2.05) is 19.9 Å². The molecular weight excluding hydrogens is 414 g/mol. The molecule has 0 aliphatic carbocycles. The summed E-state index contributed by atoms with van der Waals surface area (Å²) in [6.45, 7) is 5.09. The van der Waals surface area contributed by atoms with Gasteiger partial charge in [-0.15, -0.1) is 0 Å². The van der Waals surface area contributed by atoms with Gasteiger partial charge in [0, 0.05) is 25.6 Å². The third-order valence-electron chi connectivity index (χ3n) is 5.40. The highest BCUT2D eigenvalue weighted by molar-refractivity contribution is 5.98. The lowest BCUT2D eigenvalue weighted by atomic mass is 9.83. The first-order chi connectivity index (χ1) is 15.4. The van der Waals surface area contributed by atoms with Gasteiger partial charge >= 0.3 is 11.9 Å². The number of rotatable bonds is 8. The van der Waals surface area contributed by atoms with Crippen LogP contribution in [0.1, 0.15) is 38.2 Å². The second-order valence-corrected chi connectivity index (χ2v) is 7.99. The van der Waals surface area contributed by atoms with Crippen LogP contribution in [0.5, 0.6) is 11.5 Å². The molecule has 2 aliphatic rings. The largest absolute Gasteiger partial charge is 0.493 e. The maximum atomic E-state index is 12.8. The van der Waals surface area contributed by atoms with Crippen molar-refractivity contribution in [3.8, 4) is 11.5 Å². The van der Waals surface area contributed by atoms with Gasteiger partial charge in [0.1, 0.15) is 0 Å². The van der Waals surface area contributed by atoms with Crippen molar-refractivity contribution >= 4 is 11.9 Å². The Morgan fingerprint density at radius 3 is 2.22 bits per heavy atom. The van der Waals surface area contributed by atoms with Gasteiger partial charge in [0.05, 0.1) is 50.6 Å². The first-order valence-corrected chi connectivity index (χ1v) is 10.7. The first kappa shape index (κ1) is 23.7. The zero-order valence-electron chi connectivity index (χ0n) is 19.3. The molecule has 1 aromatic rings. The van der Waals surface area contributed by atoms with E-state index in [2.05, 4.69) is 0 Å². The normalized spacial score (nSPS) is 18.8. The Balaban J connectivity index is 2.05. The van der Waals surface area contributed by atoms with Crippen molar-refractivity contribution in [3.05, 3.63) is 47.3 Å². The highest BCUT2D eigenvalue weighted by Crippen LogP contribution is 2.40. The molecule has 0 aromatic heterocycles. The van der Waals surface area contributed by atoms with Gasteiger partial charge in [-0.1, -0.05) is 6.07 Å². The van der Waals surface area contributed by atoms with Gasteiger partial charge in [-0.25, -0.2) is 9.59 Å². The summed E-state index contributed by atoms with van der Waals surface area (Å²) < 4.78 is 27.1. The summed E-state index contributed by atoms with van der Waals surface area (Å²) in [6, 6.07) is 5.36. The van der Waals surface area contributed by atoms with Crippen LogP contribution in [-0.4, -0.2) is 63.5 Å². The number of nitrogens with zero attached hydrogens (tertiary/aromatic N) is 1. The summed E-state index contributed by atoms with van der Waals surface area (Å²) in [4.78, 5) is 27.4. The third kappa shape index (κ3) is 5.24. The maximum absolute atomic E-state index is 12.8. The molecule has 0 N–H and O–H groups in total. The predicted octanol–water partition coefficient (Wildman–Crippen LogP) is 3.17. The molecule has 1 aromatic carbocycles. The van der Waals surface area contributed by atoms with E-state index in [0.29, 0.717) is 41.4 Å². The molecule has 0 amide bonds. The van der Waals surface area contributed by atoms with Crippen LogP contribution >= 0.6 is 0 Å². The minimum Gasteiger partial charge on any atom is -0.493 e. The van der Waals surface area contributed by atoms with Crippen LogP contribution in [0.2, 0.25) is 0 Å². The van der Waals surface area contributed by atoms with E-state index in [1.165, 1.54) is 14.2 Å². The van der Waals surface area contributed by atoms with Gasteiger partial charge < -0.3 is 28.6 Å². The van der Waals surface area contributed by atoms with Crippen molar-refractivity contribution in [2.75, 3.05) is 34.5 Å². The molecule has 0 radical (unpaired) electrons. The molecular formula is C24H31NO7. The number of hydrogen-bond donors (Lipinski definition) is 0. The molecule has 8 heteroatoms. The summed E-state index contributed by atoms with van der Waals surface area (Å²) in [5.41, 5.74) is 1.34. The Morgan fingerprint density at radius 2 is 1.72 bits per heavy atom. The van der Waals surface area contributed by atoms with Crippen molar-refractivity contribution in [2.24, 2.45) is 0 Å². The average Bonchev–Trinajstić information content (AvgIpc) is 3.30. The lowest BCUT2D eigenvalue weighted by Gasteiger charge is -2.31. The minimum absolute atomic E-state index is 0.0319. The molecule has 2 heterocycles. The van der Waals surface area contributed by atoms with Gasteiger partial charge in [-0.3, -0.25) is 0 Å². The van der Waals surface area contributed by atoms with Crippen LogP contribution < -0.4 is 9.47 Å². The number of hydrogen-bond acceptors (Lipinski definition) is 8. The first-order valence-electron chi connectivity index (χ1n) is 10.7. The van der Waals surface area contributed by atoms with E-state index in [4.69, 9.17) is 23.7 Å². The second-order valence-electron chi connectivity index (χ2n) is 7.99. The fourth-order valence-electron chi connectivity index (χ4n) is 3.99. The van der Waals surface area contributed by atoms with E-state index in [0.717, 1.165) is 12.8 Å². The summed E-state index contributed by atoms with van der Waals surface area (Å²) in [5, 5.41) is 0. The van der Waals surface area contributed by atoms with Crippen molar-refractivity contribution in [2.45, 2.75) is 44.8 Å². The molecule has 32 heavy (non-hydrogen) atoms. The zero-order valence-corrected chi connectivity index (χ0v) is 19.3. The Labute approximate surface area is 188 Å². The Hall–Kier alpha value is -3.00. The van der Waals surface area contributed by atoms with Crippen molar-refractivity contribution in [3.63, 3.8) is 0 Å². The van der Waals surface area contributed by atoms with Gasteiger partial charge in [-0.2, -0.15) is 0 Å². The fourth-order valence-corrected chi connectivity index (χ4v) is 3.99. The average molecular weight is 446 g/mol. The zero-order chi connectivity index (χ0) is 23.3. The standard InChI is InChI=1S/C24H31NO7/c1-15(2)32-20-9-8-16(11-21(20)28-3)22-18(23(26)29-4)13-25(12-17-7-6-10-31-17)14-19(22)24(27)30-5/h8-9,11,13-15,17,22H,6-7,10,12H2,1-5H3/t17-/m0/s1. The van der Waals surface area contributed by atoms with Crippen LogP contribution in [0.4, 0.5) is 0 Å². The fraction of sp³-hybridized carbons (Fsp3) is 0.500. The smallest absolute Gasteiger partial charge is 0.336 e. The molecule has 0 saturated carbocycles. The highest BCUT2D eigenvalue weighted by Gasteiger charge is 2.36. The summed E-state index contributed by atoms with van der Waals surface area (Å²) in [5.74, 6) is -0.648. The predicted molar refractivity (Wildman–Crippen MR) is 117 cm³/mol. The number of methoxy groups -OCH3 is 3. The number of ether oxygens (including phenoxy) is 5. The third-order valence-corrected chi connectivity index (χ3v) is 5.40. The molecule has 174 valence electrons. The van der Waals surface area contributed by atoms with E-state index >= 15 is 0 Å². The summed E-state index contributed by atoms with van der Waals surface area (Å²) in [7, 11) is 4.19. The van der Waals surface area contributed by atoms with Crippen LogP contribution in [0, 0.1) is 0 Å². The van der Waals surface area contributed by atoms with Crippen molar-refractivity contribution in [1.82, 2.24) is 4.90 Å². The van der Waals surface area contributed by atoms with Crippen molar-refractivity contribution < 1.29 is 33.3 Å². The maximum Gasteiger partial charge on any atom is 0.336 e. The lowest BCUT2D eigenvalue weighted by Crippen LogP contribution is -2.32. The number of carbonyl (C=O) groups is 2. The SMILES string of the molecule is COC(=O)C1=CN(C[C@@H]2CCCO2)C=C(C(=O)OC)C1c1ccc(OC(C)C)c(OC)c1. The van der Waals surface area contributed by atoms with E-state index in [-0.39, 0.29) is 12.2 Å². The molecule has 1 atom stereocenters. The second kappa shape index (κ2) is 10.5.